The molecular weight excluding hydrogens is 319 g/mol. The molecule has 4 nitrogen and oxygen atoms in total. The van der Waals surface area contributed by atoms with Crippen LogP contribution in [-0.2, 0) is 0 Å². The predicted octanol–water partition coefficient (Wildman–Crippen LogP) is 3.56. The van der Waals surface area contributed by atoms with Gasteiger partial charge in [-0.1, -0.05) is 12.1 Å². The first-order chi connectivity index (χ1) is 11.8. The number of amides is 1. The number of halogens is 1. The summed E-state index contributed by atoms with van der Waals surface area (Å²) in [6.07, 6.45) is 4.07. The number of carbonyl (C=O) groups is 1. The minimum absolute atomic E-state index is 0.0758. The van der Waals surface area contributed by atoms with Crippen LogP contribution < -0.4 is 5.32 Å². The predicted molar refractivity (Wildman–Crippen MR) is 94.5 cm³/mol. The van der Waals surface area contributed by atoms with Crippen molar-refractivity contribution in [2.75, 3.05) is 0 Å². The molecule has 1 heterocycles. The number of aliphatic hydroxyl groups is 1. The van der Waals surface area contributed by atoms with Gasteiger partial charge in [0.25, 0.3) is 5.91 Å². The molecule has 1 amide bonds. The lowest BCUT2D eigenvalue weighted by molar-refractivity contribution is 0.0190. The average molecular weight is 342 g/mol. The van der Waals surface area contributed by atoms with E-state index in [1.807, 2.05) is 13.8 Å². The molecule has 0 saturated heterocycles. The SMILES string of the molecule is CC(C)(O)C1CCC(NC(=O)c2ccc(-c3cccc(F)c3)nc2)C1. The highest BCUT2D eigenvalue weighted by molar-refractivity contribution is 5.94. The fourth-order valence-electron chi connectivity index (χ4n) is 3.37. The second-order valence-corrected chi connectivity index (χ2v) is 7.28. The molecule has 0 aliphatic heterocycles. The monoisotopic (exact) mass is 342 g/mol. The standard InChI is InChI=1S/C20H23FN2O2/c1-20(2,25)15-7-8-17(11-15)23-19(24)14-6-9-18(22-12-14)13-4-3-5-16(21)10-13/h3-6,9-10,12,15,17,25H,7-8,11H2,1-2H3,(H,23,24). The summed E-state index contributed by atoms with van der Waals surface area (Å²) in [6.45, 7) is 3.63. The number of rotatable bonds is 4. The molecule has 0 radical (unpaired) electrons. The molecule has 2 aromatic rings. The van der Waals surface area contributed by atoms with E-state index in [1.54, 1.807) is 24.3 Å². The van der Waals surface area contributed by atoms with E-state index in [9.17, 15) is 14.3 Å². The van der Waals surface area contributed by atoms with Crippen LogP contribution in [-0.4, -0.2) is 27.6 Å². The Bertz CT molecular complexity index is 753. The van der Waals surface area contributed by atoms with Crippen LogP contribution in [0.1, 0.15) is 43.5 Å². The fraction of sp³-hybridized carbons (Fsp3) is 0.400. The van der Waals surface area contributed by atoms with Crippen LogP contribution in [0, 0.1) is 11.7 Å². The number of benzene rings is 1. The van der Waals surface area contributed by atoms with Crippen molar-refractivity contribution in [3.05, 3.63) is 54.0 Å². The molecule has 132 valence electrons. The lowest BCUT2D eigenvalue weighted by Crippen LogP contribution is -2.35. The summed E-state index contributed by atoms with van der Waals surface area (Å²) >= 11 is 0. The molecule has 2 N–H and O–H groups in total. The van der Waals surface area contributed by atoms with Crippen molar-refractivity contribution in [1.82, 2.24) is 10.3 Å². The van der Waals surface area contributed by atoms with Crippen molar-refractivity contribution in [1.29, 1.82) is 0 Å². The summed E-state index contributed by atoms with van der Waals surface area (Å²) in [5.74, 6) is -0.283. The Hall–Kier alpha value is -2.27. The number of nitrogens with one attached hydrogen (secondary N) is 1. The van der Waals surface area contributed by atoms with Gasteiger partial charge in [-0.05, 0) is 63.3 Å². The van der Waals surface area contributed by atoms with Crippen molar-refractivity contribution in [3.63, 3.8) is 0 Å². The molecule has 0 bridgehead atoms. The molecule has 25 heavy (non-hydrogen) atoms. The van der Waals surface area contributed by atoms with E-state index < -0.39 is 5.60 Å². The Morgan fingerprint density at radius 2 is 2.08 bits per heavy atom. The van der Waals surface area contributed by atoms with Crippen LogP contribution >= 0.6 is 0 Å². The molecule has 1 aliphatic rings. The molecule has 1 aromatic heterocycles. The van der Waals surface area contributed by atoms with E-state index in [1.165, 1.54) is 18.3 Å². The topological polar surface area (TPSA) is 62.2 Å². The molecule has 1 aromatic carbocycles. The third kappa shape index (κ3) is 4.23. The fourth-order valence-corrected chi connectivity index (χ4v) is 3.37. The molecule has 0 spiro atoms. The van der Waals surface area contributed by atoms with Gasteiger partial charge in [-0.25, -0.2) is 4.39 Å². The van der Waals surface area contributed by atoms with E-state index in [0.29, 0.717) is 16.8 Å². The summed E-state index contributed by atoms with van der Waals surface area (Å²) in [4.78, 5) is 16.7. The quantitative estimate of drug-likeness (QED) is 0.893. The van der Waals surface area contributed by atoms with Crippen LogP contribution in [0.3, 0.4) is 0 Å². The summed E-state index contributed by atoms with van der Waals surface area (Å²) < 4.78 is 13.3. The number of pyridine rings is 1. The minimum atomic E-state index is -0.715. The van der Waals surface area contributed by atoms with Gasteiger partial charge in [-0.15, -0.1) is 0 Å². The number of hydrogen-bond acceptors (Lipinski definition) is 3. The molecular formula is C20H23FN2O2. The second-order valence-electron chi connectivity index (χ2n) is 7.28. The van der Waals surface area contributed by atoms with Crippen molar-refractivity contribution in [3.8, 4) is 11.3 Å². The first-order valence-electron chi connectivity index (χ1n) is 8.58. The van der Waals surface area contributed by atoms with E-state index in [0.717, 1.165) is 19.3 Å². The van der Waals surface area contributed by atoms with Gasteiger partial charge in [0.1, 0.15) is 5.82 Å². The first-order valence-corrected chi connectivity index (χ1v) is 8.58. The molecule has 3 rings (SSSR count). The lowest BCUT2D eigenvalue weighted by atomic mass is 9.89. The van der Waals surface area contributed by atoms with Crippen molar-refractivity contribution in [2.24, 2.45) is 5.92 Å². The third-order valence-corrected chi connectivity index (χ3v) is 4.91. The van der Waals surface area contributed by atoms with Crippen LogP contribution in [0.4, 0.5) is 4.39 Å². The molecule has 1 saturated carbocycles. The zero-order chi connectivity index (χ0) is 18.0. The molecule has 5 heteroatoms. The molecule has 1 fully saturated rings. The largest absolute Gasteiger partial charge is 0.390 e. The van der Waals surface area contributed by atoms with Crippen LogP contribution in [0.2, 0.25) is 0 Å². The van der Waals surface area contributed by atoms with Crippen molar-refractivity contribution >= 4 is 5.91 Å². The van der Waals surface area contributed by atoms with Crippen LogP contribution in [0.5, 0.6) is 0 Å². The Morgan fingerprint density at radius 3 is 2.68 bits per heavy atom. The van der Waals surface area contributed by atoms with Gasteiger partial charge >= 0.3 is 0 Å². The summed E-state index contributed by atoms with van der Waals surface area (Å²) in [6, 6.07) is 9.70. The zero-order valence-corrected chi connectivity index (χ0v) is 14.5. The van der Waals surface area contributed by atoms with Crippen molar-refractivity contribution < 1.29 is 14.3 Å². The Morgan fingerprint density at radius 1 is 1.28 bits per heavy atom. The minimum Gasteiger partial charge on any atom is -0.390 e. The van der Waals surface area contributed by atoms with E-state index >= 15 is 0 Å². The molecule has 1 aliphatic carbocycles. The van der Waals surface area contributed by atoms with E-state index in [2.05, 4.69) is 10.3 Å². The molecule has 2 atom stereocenters. The Kier molecular flexibility index (Phi) is 4.86. The Labute approximate surface area is 147 Å². The van der Waals surface area contributed by atoms with Gasteiger partial charge in [-0.3, -0.25) is 9.78 Å². The number of hydrogen-bond donors (Lipinski definition) is 2. The highest BCUT2D eigenvalue weighted by Gasteiger charge is 2.35. The summed E-state index contributed by atoms with van der Waals surface area (Å²) in [5, 5.41) is 13.1. The maximum absolute atomic E-state index is 13.3. The summed E-state index contributed by atoms with van der Waals surface area (Å²) in [5.41, 5.74) is 1.06. The average Bonchev–Trinajstić information content (AvgIpc) is 3.04. The van der Waals surface area contributed by atoms with Gasteiger partial charge in [0.15, 0.2) is 0 Å². The van der Waals surface area contributed by atoms with Crippen LogP contribution in [0.15, 0.2) is 42.6 Å². The highest BCUT2D eigenvalue weighted by atomic mass is 19.1. The van der Waals surface area contributed by atoms with Gasteiger partial charge < -0.3 is 10.4 Å². The maximum Gasteiger partial charge on any atom is 0.253 e. The van der Waals surface area contributed by atoms with Gasteiger partial charge in [0.2, 0.25) is 0 Å². The third-order valence-electron chi connectivity index (χ3n) is 4.91. The van der Waals surface area contributed by atoms with Crippen molar-refractivity contribution in [2.45, 2.75) is 44.8 Å². The molecule has 2 unspecified atom stereocenters. The van der Waals surface area contributed by atoms with Gasteiger partial charge in [0.05, 0.1) is 16.9 Å². The summed E-state index contributed by atoms with van der Waals surface area (Å²) in [7, 11) is 0. The van der Waals surface area contributed by atoms with Gasteiger partial charge in [0, 0.05) is 17.8 Å². The first kappa shape index (κ1) is 17.5. The Balaban J connectivity index is 1.64. The smallest absolute Gasteiger partial charge is 0.253 e. The number of nitrogens with zero attached hydrogens (tertiary/aromatic N) is 1. The zero-order valence-electron chi connectivity index (χ0n) is 14.5. The van der Waals surface area contributed by atoms with Crippen LogP contribution in [0.25, 0.3) is 11.3 Å². The highest BCUT2D eigenvalue weighted by Crippen LogP contribution is 2.34. The number of carbonyl (C=O) groups excluding carboxylic acids is 1. The van der Waals surface area contributed by atoms with E-state index in [4.69, 9.17) is 0 Å². The normalized spacial score (nSPS) is 20.5. The maximum atomic E-state index is 13.3. The van der Waals surface area contributed by atoms with E-state index in [-0.39, 0.29) is 23.7 Å². The number of aromatic nitrogens is 1. The lowest BCUT2D eigenvalue weighted by Gasteiger charge is -2.25. The van der Waals surface area contributed by atoms with Gasteiger partial charge in [-0.2, -0.15) is 0 Å². The second kappa shape index (κ2) is 6.92.